The van der Waals surface area contributed by atoms with Crippen molar-refractivity contribution in [2.75, 3.05) is 30.9 Å². The molecule has 0 bridgehead atoms. The summed E-state index contributed by atoms with van der Waals surface area (Å²) in [5, 5.41) is 11.3. The number of sulfone groups is 1. The summed E-state index contributed by atoms with van der Waals surface area (Å²) in [6, 6.07) is 4.10. The molecule has 2 rings (SSSR count). The maximum absolute atomic E-state index is 11.7. The zero-order valence-electron chi connectivity index (χ0n) is 11.6. The van der Waals surface area contributed by atoms with Gasteiger partial charge in [0.25, 0.3) is 0 Å². The number of nitro benzene ring substituents is 1. The smallest absolute Gasteiger partial charge is 0.311 e. The molecular formula is C12H15N3O5S. The van der Waals surface area contributed by atoms with Crippen molar-refractivity contribution in [3.63, 3.8) is 0 Å². The minimum absolute atomic E-state index is 0.00188. The van der Waals surface area contributed by atoms with Gasteiger partial charge in [-0.2, -0.15) is 0 Å². The monoisotopic (exact) mass is 313 g/mol. The molecule has 1 aromatic rings. The molecule has 1 aliphatic rings. The van der Waals surface area contributed by atoms with E-state index in [0.717, 1.165) is 6.26 Å². The van der Waals surface area contributed by atoms with Crippen molar-refractivity contribution >= 4 is 27.1 Å². The number of likely N-dealkylation sites (N-methyl/N-ethyl adjacent to an activating group) is 1. The second-order valence-electron chi connectivity index (χ2n) is 4.74. The van der Waals surface area contributed by atoms with Crippen molar-refractivity contribution in [1.29, 1.82) is 0 Å². The number of hydrogen-bond donors (Lipinski definition) is 0. The number of carbonyl (C=O) groups is 1. The molecule has 1 heterocycles. The third-order valence-corrected chi connectivity index (χ3v) is 4.43. The molecule has 0 spiro atoms. The molecule has 1 saturated heterocycles. The molecule has 0 radical (unpaired) electrons. The molecule has 0 N–H and O–H groups in total. The van der Waals surface area contributed by atoms with E-state index < -0.39 is 20.4 Å². The Kier molecular flexibility index (Phi) is 3.86. The number of para-hydroxylation sites is 1. The lowest BCUT2D eigenvalue weighted by Gasteiger charge is -2.19. The van der Waals surface area contributed by atoms with E-state index in [1.165, 1.54) is 28.0 Å². The highest BCUT2D eigenvalue weighted by Crippen LogP contribution is 2.35. The van der Waals surface area contributed by atoms with Gasteiger partial charge in [0.1, 0.15) is 10.6 Å². The zero-order valence-corrected chi connectivity index (χ0v) is 12.5. The maximum Gasteiger partial charge on any atom is 0.311 e. The Morgan fingerprint density at radius 3 is 2.52 bits per heavy atom. The third kappa shape index (κ3) is 2.82. The van der Waals surface area contributed by atoms with Crippen LogP contribution in [-0.2, 0) is 14.6 Å². The summed E-state index contributed by atoms with van der Waals surface area (Å²) in [4.78, 5) is 25.0. The van der Waals surface area contributed by atoms with Gasteiger partial charge in [-0.25, -0.2) is 8.42 Å². The van der Waals surface area contributed by atoms with Crippen LogP contribution in [0.2, 0.25) is 0 Å². The number of rotatable bonds is 4. The topological polar surface area (TPSA) is 101 Å². The van der Waals surface area contributed by atoms with Gasteiger partial charge in [-0.1, -0.05) is 6.07 Å². The normalized spacial score (nSPS) is 15.6. The summed E-state index contributed by atoms with van der Waals surface area (Å²) in [7, 11) is -3.73. The molecule has 1 aromatic carbocycles. The van der Waals surface area contributed by atoms with E-state index in [0.29, 0.717) is 6.54 Å². The summed E-state index contributed by atoms with van der Waals surface area (Å²) >= 11 is 0. The van der Waals surface area contributed by atoms with Crippen LogP contribution in [0.3, 0.4) is 0 Å². The molecule has 0 saturated carbocycles. The van der Waals surface area contributed by atoms with Crippen LogP contribution in [-0.4, -0.2) is 50.2 Å². The lowest BCUT2D eigenvalue weighted by Crippen LogP contribution is -2.27. The molecule has 0 aliphatic carbocycles. The largest absolute Gasteiger partial charge is 0.339 e. The number of hydrogen-bond acceptors (Lipinski definition) is 6. The van der Waals surface area contributed by atoms with E-state index in [4.69, 9.17) is 0 Å². The van der Waals surface area contributed by atoms with Gasteiger partial charge in [0.15, 0.2) is 9.84 Å². The second-order valence-corrected chi connectivity index (χ2v) is 6.73. The fourth-order valence-corrected chi connectivity index (χ4v) is 3.14. The molecule has 1 amide bonds. The molecule has 21 heavy (non-hydrogen) atoms. The Hall–Kier alpha value is -2.16. The van der Waals surface area contributed by atoms with Crippen molar-refractivity contribution in [2.45, 2.75) is 11.8 Å². The first-order valence-corrected chi connectivity index (χ1v) is 8.15. The van der Waals surface area contributed by atoms with Gasteiger partial charge < -0.3 is 9.80 Å². The predicted molar refractivity (Wildman–Crippen MR) is 75.8 cm³/mol. The number of anilines is 1. The number of carbonyl (C=O) groups excluding carboxylic acids is 1. The Morgan fingerprint density at radius 2 is 2.05 bits per heavy atom. The Labute approximate surface area is 122 Å². The van der Waals surface area contributed by atoms with E-state index >= 15 is 0 Å². The van der Waals surface area contributed by atoms with Gasteiger partial charge in [0.05, 0.1) is 18.1 Å². The Morgan fingerprint density at radius 1 is 1.38 bits per heavy atom. The summed E-state index contributed by atoms with van der Waals surface area (Å²) in [5.74, 6) is -0.142. The van der Waals surface area contributed by atoms with Crippen LogP contribution in [0.1, 0.15) is 6.92 Å². The minimum atomic E-state index is -3.73. The Balaban J connectivity index is 2.56. The van der Waals surface area contributed by atoms with Crippen LogP contribution in [0.5, 0.6) is 0 Å². The molecule has 0 atom stereocenters. The van der Waals surface area contributed by atoms with E-state index in [-0.39, 0.29) is 29.7 Å². The van der Waals surface area contributed by atoms with Crippen LogP contribution in [0.25, 0.3) is 0 Å². The third-order valence-electron chi connectivity index (χ3n) is 3.30. The SMILES string of the molecule is CCN1CN(c2cccc(S(C)(=O)=O)c2[N+](=O)[O-])CC1=O. The molecule has 1 aliphatic heterocycles. The number of benzene rings is 1. The molecule has 0 aromatic heterocycles. The standard InChI is InChI=1S/C12H15N3O5S/c1-3-13-8-14(7-11(13)16)9-5-4-6-10(21(2,19)20)12(9)15(17)18/h4-6H,3,7-8H2,1-2H3. The highest BCUT2D eigenvalue weighted by Gasteiger charge is 2.34. The lowest BCUT2D eigenvalue weighted by molar-refractivity contribution is -0.387. The average Bonchev–Trinajstić information content (AvgIpc) is 2.78. The number of amides is 1. The van der Waals surface area contributed by atoms with Gasteiger partial charge in [0, 0.05) is 12.8 Å². The van der Waals surface area contributed by atoms with Gasteiger partial charge in [-0.3, -0.25) is 14.9 Å². The molecule has 9 heteroatoms. The van der Waals surface area contributed by atoms with Crippen LogP contribution >= 0.6 is 0 Å². The fraction of sp³-hybridized carbons (Fsp3) is 0.417. The maximum atomic E-state index is 11.7. The summed E-state index contributed by atoms with van der Waals surface area (Å²) in [6.45, 7) is 2.52. The summed E-state index contributed by atoms with van der Waals surface area (Å²) < 4.78 is 23.4. The van der Waals surface area contributed by atoms with Crippen molar-refractivity contribution in [1.82, 2.24) is 4.90 Å². The summed E-state index contributed by atoms with van der Waals surface area (Å²) in [5.41, 5.74) is -0.335. The highest BCUT2D eigenvalue weighted by molar-refractivity contribution is 7.90. The fourth-order valence-electron chi connectivity index (χ4n) is 2.28. The van der Waals surface area contributed by atoms with Crippen LogP contribution < -0.4 is 4.90 Å². The van der Waals surface area contributed by atoms with Crippen molar-refractivity contribution < 1.29 is 18.1 Å². The van der Waals surface area contributed by atoms with Crippen molar-refractivity contribution in [2.24, 2.45) is 0 Å². The predicted octanol–water partition coefficient (Wildman–Crippen LogP) is 0.624. The molecule has 8 nitrogen and oxygen atoms in total. The highest BCUT2D eigenvalue weighted by atomic mass is 32.2. The van der Waals surface area contributed by atoms with E-state index in [2.05, 4.69) is 0 Å². The lowest BCUT2D eigenvalue weighted by atomic mass is 10.2. The quantitative estimate of drug-likeness (QED) is 0.597. The molecule has 114 valence electrons. The Bertz CT molecular complexity index is 701. The van der Waals surface area contributed by atoms with Gasteiger partial charge in [0.2, 0.25) is 5.91 Å². The molecule has 1 fully saturated rings. The first-order valence-electron chi connectivity index (χ1n) is 6.26. The molecular weight excluding hydrogens is 298 g/mol. The first kappa shape index (κ1) is 15.2. The second kappa shape index (κ2) is 5.32. The summed E-state index contributed by atoms with van der Waals surface area (Å²) in [6.07, 6.45) is 0.923. The van der Waals surface area contributed by atoms with Crippen LogP contribution in [0.15, 0.2) is 23.1 Å². The number of nitro groups is 1. The zero-order chi connectivity index (χ0) is 15.8. The van der Waals surface area contributed by atoms with E-state index in [9.17, 15) is 23.3 Å². The van der Waals surface area contributed by atoms with Gasteiger partial charge in [-0.15, -0.1) is 0 Å². The molecule has 0 unspecified atom stereocenters. The first-order chi connectivity index (χ1) is 9.75. The van der Waals surface area contributed by atoms with Crippen LogP contribution in [0.4, 0.5) is 11.4 Å². The van der Waals surface area contributed by atoms with E-state index in [1.54, 1.807) is 0 Å². The average molecular weight is 313 g/mol. The van der Waals surface area contributed by atoms with Gasteiger partial charge >= 0.3 is 5.69 Å². The minimum Gasteiger partial charge on any atom is -0.339 e. The van der Waals surface area contributed by atoms with Gasteiger partial charge in [-0.05, 0) is 19.1 Å². The van der Waals surface area contributed by atoms with Crippen molar-refractivity contribution in [3.05, 3.63) is 28.3 Å². The van der Waals surface area contributed by atoms with Crippen molar-refractivity contribution in [3.8, 4) is 0 Å². The van der Waals surface area contributed by atoms with Crippen LogP contribution in [0, 0.1) is 10.1 Å². The number of nitrogens with zero attached hydrogens (tertiary/aromatic N) is 3. The van der Waals surface area contributed by atoms with E-state index in [1.807, 2.05) is 6.92 Å².